The van der Waals surface area contributed by atoms with E-state index in [1.807, 2.05) is 91.0 Å². The van der Waals surface area contributed by atoms with Crippen LogP contribution in [0.5, 0.6) is 17.2 Å². The normalized spacial score (nSPS) is 11.2. The molecule has 3 rings (SSSR count). The molecule has 0 fully saturated rings. The maximum Gasteiger partial charge on any atom is 0.127 e. The number of halogens is 1. The lowest BCUT2D eigenvalue weighted by Gasteiger charge is -2.09. The molecule has 4 heteroatoms. The summed E-state index contributed by atoms with van der Waals surface area (Å²) in [4.78, 5) is 0. The molecule has 0 spiro atoms. The van der Waals surface area contributed by atoms with Gasteiger partial charge in [-0.1, -0.05) is 60.7 Å². The number of hydrogen-bond acceptors (Lipinski definition) is 3. The van der Waals surface area contributed by atoms with Crippen molar-refractivity contribution in [3.63, 3.8) is 0 Å². The topological polar surface area (TPSA) is 27.7 Å². The summed E-state index contributed by atoms with van der Waals surface area (Å²) < 4.78 is 28.7. The Morgan fingerprint density at radius 1 is 0.667 bits per heavy atom. The molecule has 3 aromatic rings. The highest BCUT2D eigenvalue weighted by molar-refractivity contribution is 5.76. The van der Waals surface area contributed by atoms with Gasteiger partial charge in [-0.3, -0.25) is 0 Å². The molecule has 3 aromatic carbocycles. The van der Waals surface area contributed by atoms with Crippen LogP contribution >= 0.6 is 0 Å². The van der Waals surface area contributed by atoms with Crippen molar-refractivity contribution in [2.24, 2.45) is 0 Å². The summed E-state index contributed by atoms with van der Waals surface area (Å²) in [5.41, 5.74) is 3.96. The van der Waals surface area contributed by atoms with Crippen LogP contribution in [-0.2, 0) is 0 Å². The largest absolute Gasteiger partial charge is 0.497 e. The lowest BCUT2D eigenvalue weighted by Crippen LogP contribution is -2.00. The van der Waals surface area contributed by atoms with Gasteiger partial charge in [0, 0.05) is 5.56 Å². The van der Waals surface area contributed by atoms with E-state index in [0.29, 0.717) is 5.75 Å². The van der Waals surface area contributed by atoms with E-state index < -0.39 is 6.67 Å². The second kappa shape index (κ2) is 10.9. The Bertz CT molecular complexity index is 990. The van der Waals surface area contributed by atoms with Gasteiger partial charge in [-0.15, -0.1) is 0 Å². The minimum absolute atomic E-state index is 0.0228. The fourth-order valence-corrected chi connectivity index (χ4v) is 2.87. The zero-order chi connectivity index (χ0) is 21.2. The lowest BCUT2D eigenvalue weighted by atomic mass is 10.1. The average Bonchev–Trinajstić information content (AvgIpc) is 2.81. The first kappa shape index (κ1) is 21.2. The Balaban J connectivity index is 1.79. The van der Waals surface area contributed by atoms with Crippen LogP contribution in [-0.4, -0.2) is 27.5 Å². The van der Waals surface area contributed by atoms with E-state index in [-0.39, 0.29) is 6.61 Å². The van der Waals surface area contributed by atoms with Crippen LogP contribution in [0.1, 0.15) is 22.3 Å². The molecule has 0 unspecified atom stereocenters. The summed E-state index contributed by atoms with van der Waals surface area (Å²) >= 11 is 0. The van der Waals surface area contributed by atoms with Crippen LogP contribution in [0.15, 0.2) is 66.7 Å². The zero-order valence-electron chi connectivity index (χ0n) is 17.2. The quantitative estimate of drug-likeness (QED) is 0.387. The zero-order valence-corrected chi connectivity index (χ0v) is 17.2. The number of ether oxygens (including phenoxy) is 3. The fourth-order valence-electron chi connectivity index (χ4n) is 2.87. The summed E-state index contributed by atoms with van der Waals surface area (Å²) in [6.45, 7) is -0.511. The molecular weight excluding hydrogens is 379 g/mol. The highest BCUT2D eigenvalue weighted by atomic mass is 19.1. The first-order valence-electron chi connectivity index (χ1n) is 9.69. The van der Waals surface area contributed by atoms with Crippen molar-refractivity contribution in [2.75, 3.05) is 27.5 Å². The Hall–Kier alpha value is -3.53. The maximum atomic E-state index is 12.7. The smallest absolute Gasteiger partial charge is 0.127 e. The van der Waals surface area contributed by atoms with Gasteiger partial charge in [-0.2, -0.15) is 0 Å². The fraction of sp³-hybridized carbons (Fsp3) is 0.154. The molecule has 0 bridgehead atoms. The van der Waals surface area contributed by atoms with Crippen molar-refractivity contribution in [2.45, 2.75) is 0 Å². The third kappa shape index (κ3) is 5.98. The molecule has 0 amide bonds. The van der Waals surface area contributed by atoms with Crippen LogP contribution in [0, 0.1) is 0 Å². The van der Waals surface area contributed by atoms with Crippen molar-refractivity contribution in [3.8, 4) is 17.2 Å². The van der Waals surface area contributed by atoms with Gasteiger partial charge >= 0.3 is 0 Å². The van der Waals surface area contributed by atoms with Crippen molar-refractivity contribution >= 4 is 24.3 Å². The van der Waals surface area contributed by atoms with Gasteiger partial charge in [0.25, 0.3) is 0 Å². The molecule has 0 aliphatic rings. The first-order valence-corrected chi connectivity index (χ1v) is 9.69. The number of alkyl halides is 1. The monoisotopic (exact) mass is 404 g/mol. The third-order valence-electron chi connectivity index (χ3n) is 4.53. The van der Waals surface area contributed by atoms with E-state index in [4.69, 9.17) is 14.2 Å². The second-order valence-electron chi connectivity index (χ2n) is 6.55. The minimum Gasteiger partial charge on any atom is -0.497 e. The summed E-state index contributed by atoms with van der Waals surface area (Å²) in [6.07, 6.45) is 7.97. The van der Waals surface area contributed by atoms with Gasteiger partial charge in [0.2, 0.25) is 0 Å². The standard InChI is InChI=1S/C26H25FO3/c1-28-24-13-7-20(8-14-24)3-4-22-6-12-23(26(19-22)30-18-17-27)11-5-21-9-15-25(29-2)16-10-21/h3-16,19H,17-18H2,1-2H3/b4-3+,11-5+. The summed E-state index contributed by atoms with van der Waals surface area (Å²) in [6, 6.07) is 21.5. The summed E-state index contributed by atoms with van der Waals surface area (Å²) in [7, 11) is 3.29. The van der Waals surface area contributed by atoms with Gasteiger partial charge in [0.15, 0.2) is 0 Å². The molecule has 0 saturated heterocycles. The molecule has 154 valence electrons. The SMILES string of the molecule is COc1ccc(/C=C/c2ccc(/C=C/c3ccc(OC)cc3)c(OCCF)c2)cc1. The van der Waals surface area contributed by atoms with E-state index in [9.17, 15) is 4.39 Å². The summed E-state index contributed by atoms with van der Waals surface area (Å²) in [5, 5.41) is 0. The minimum atomic E-state index is -0.534. The average molecular weight is 404 g/mol. The molecule has 3 nitrogen and oxygen atoms in total. The Labute approximate surface area is 177 Å². The van der Waals surface area contributed by atoms with Crippen molar-refractivity contribution in [1.29, 1.82) is 0 Å². The molecule has 30 heavy (non-hydrogen) atoms. The van der Waals surface area contributed by atoms with Gasteiger partial charge in [0.05, 0.1) is 14.2 Å². The van der Waals surface area contributed by atoms with Gasteiger partial charge < -0.3 is 14.2 Å². The van der Waals surface area contributed by atoms with E-state index >= 15 is 0 Å². The number of methoxy groups -OCH3 is 2. The molecular formula is C26H25FO3. The predicted octanol–water partition coefficient (Wildman–Crippen LogP) is 6.39. The number of rotatable bonds is 9. The Morgan fingerprint density at radius 3 is 1.70 bits per heavy atom. The van der Waals surface area contributed by atoms with Gasteiger partial charge in [0.1, 0.15) is 30.5 Å². The van der Waals surface area contributed by atoms with Crippen LogP contribution in [0.3, 0.4) is 0 Å². The van der Waals surface area contributed by atoms with Crippen molar-refractivity contribution in [1.82, 2.24) is 0 Å². The molecule has 0 N–H and O–H groups in total. The molecule has 0 saturated carbocycles. The van der Waals surface area contributed by atoms with Gasteiger partial charge in [-0.25, -0.2) is 4.39 Å². The molecule has 0 aliphatic carbocycles. The molecule has 0 radical (unpaired) electrons. The van der Waals surface area contributed by atoms with E-state index in [2.05, 4.69) is 0 Å². The molecule has 0 aliphatic heterocycles. The predicted molar refractivity (Wildman–Crippen MR) is 122 cm³/mol. The Kier molecular flexibility index (Phi) is 7.67. The first-order chi connectivity index (χ1) is 14.7. The second-order valence-corrected chi connectivity index (χ2v) is 6.55. The van der Waals surface area contributed by atoms with Crippen LogP contribution in [0.25, 0.3) is 24.3 Å². The third-order valence-corrected chi connectivity index (χ3v) is 4.53. The molecule has 0 heterocycles. The van der Waals surface area contributed by atoms with Crippen molar-refractivity contribution in [3.05, 3.63) is 89.0 Å². The number of benzene rings is 3. The van der Waals surface area contributed by atoms with E-state index in [1.54, 1.807) is 14.2 Å². The van der Waals surface area contributed by atoms with E-state index in [0.717, 1.165) is 33.8 Å². The highest BCUT2D eigenvalue weighted by Gasteiger charge is 2.03. The maximum absolute atomic E-state index is 12.7. The van der Waals surface area contributed by atoms with Crippen LogP contribution in [0.4, 0.5) is 4.39 Å². The highest BCUT2D eigenvalue weighted by Crippen LogP contribution is 2.25. The summed E-state index contributed by atoms with van der Waals surface area (Å²) in [5.74, 6) is 2.28. The number of hydrogen-bond donors (Lipinski definition) is 0. The van der Waals surface area contributed by atoms with Crippen LogP contribution in [0.2, 0.25) is 0 Å². The Morgan fingerprint density at radius 2 is 1.17 bits per heavy atom. The van der Waals surface area contributed by atoms with Crippen molar-refractivity contribution < 1.29 is 18.6 Å². The van der Waals surface area contributed by atoms with Gasteiger partial charge in [-0.05, 0) is 47.0 Å². The lowest BCUT2D eigenvalue weighted by molar-refractivity contribution is 0.273. The van der Waals surface area contributed by atoms with E-state index in [1.165, 1.54) is 0 Å². The molecule has 0 aromatic heterocycles. The van der Waals surface area contributed by atoms with Crippen LogP contribution < -0.4 is 14.2 Å². The molecule has 0 atom stereocenters.